The standard InChI is InChI=1S/C19H21ClN2O4/c1-10-13(18(24)17(22(25)26)11(2)16(10)20)9-21-14-8-12(19(3,4)5)6-7-15(14)23/h6-9,23-24H,1-5H3/p-1. The van der Waals surface area contributed by atoms with Crippen molar-refractivity contribution < 1.29 is 15.1 Å². The quantitative estimate of drug-likeness (QED) is 0.477. The molecule has 26 heavy (non-hydrogen) atoms. The number of phenolic OH excluding ortho intramolecular Hbond substituents is 1. The molecule has 0 bridgehead atoms. The van der Waals surface area contributed by atoms with Crippen molar-refractivity contribution in [3.63, 3.8) is 0 Å². The zero-order valence-corrected chi connectivity index (χ0v) is 16.0. The number of aliphatic imine (C=N–C) groups is 1. The lowest BCUT2D eigenvalue weighted by molar-refractivity contribution is -0.398. The molecular formula is C19H20ClN2O4-. The normalized spacial score (nSPS) is 11.9. The van der Waals surface area contributed by atoms with E-state index in [2.05, 4.69) is 4.99 Å². The predicted molar refractivity (Wildman–Crippen MR) is 101 cm³/mol. The van der Waals surface area contributed by atoms with E-state index in [1.807, 2.05) is 20.8 Å². The first-order chi connectivity index (χ1) is 11.9. The van der Waals surface area contributed by atoms with Gasteiger partial charge in [-0.05, 0) is 53.8 Å². The van der Waals surface area contributed by atoms with Crippen molar-refractivity contribution >= 4 is 29.2 Å². The molecule has 0 aliphatic heterocycles. The average molecular weight is 376 g/mol. The van der Waals surface area contributed by atoms with E-state index >= 15 is 0 Å². The Kier molecular flexibility index (Phi) is 5.28. The molecule has 1 N–H and O–H groups in total. The fourth-order valence-corrected chi connectivity index (χ4v) is 2.77. The lowest BCUT2D eigenvalue weighted by Gasteiger charge is -2.20. The number of hydrogen-bond donors (Lipinski definition) is 1. The molecule has 2 aromatic rings. The molecule has 7 heteroatoms. The molecule has 0 heterocycles. The van der Waals surface area contributed by atoms with Crippen LogP contribution in [0.1, 0.15) is 43.0 Å². The molecule has 0 saturated heterocycles. The molecule has 0 unspecified atom stereocenters. The first kappa shape index (κ1) is 19.7. The van der Waals surface area contributed by atoms with E-state index in [0.717, 1.165) is 5.56 Å². The summed E-state index contributed by atoms with van der Waals surface area (Å²) in [7, 11) is 0. The maximum atomic E-state index is 12.5. The SMILES string of the molecule is Cc1c(Cl)c(C)c([N+](=O)[O-])c([O-])c1C=Nc1cc(C(C)(C)C)ccc1O. The van der Waals surface area contributed by atoms with Crippen molar-refractivity contribution in [2.75, 3.05) is 0 Å². The zero-order valence-electron chi connectivity index (χ0n) is 15.3. The van der Waals surface area contributed by atoms with Crippen molar-refractivity contribution in [1.29, 1.82) is 0 Å². The lowest BCUT2D eigenvalue weighted by Crippen LogP contribution is -2.10. The molecule has 0 saturated carbocycles. The first-order valence-corrected chi connectivity index (χ1v) is 8.34. The van der Waals surface area contributed by atoms with Crippen molar-refractivity contribution in [2.24, 2.45) is 4.99 Å². The number of rotatable bonds is 3. The van der Waals surface area contributed by atoms with Gasteiger partial charge in [0.1, 0.15) is 11.4 Å². The number of hydrogen-bond acceptors (Lipinski definition) is 5. The van der Waals surface area contributed by atoms with Gasteiger partial charge in [0, 0.05) is 11.8 Å². The summed E-state index contributed by atoms with van der Waals surface area (Å²) in [4.78, 5) is 14.7. The van der Waals surface area contributed by atoms with Gasteiger partial charge in [-0.1, -0.05) is 38.4 Å². The third kappa shape index (κ3) is 3.65. The molecule has 0 atom stereocenters. The van der Waals surface area contributed by atoms with Gasteiger partial charge < -0.3 is 10.2 Å². The van der Waals surface area contributed by atoms with Crippen LogP contribution in [0, 0.1) is 24.0 Å². The molecule has 6 nitrogen and oxygen atoms in total. The Morgan fingerprint density at radius 1 is 1.23 bits per heavy atom. The van der Waals surface area contributed by atoms with E-state index in [0.29, 0.717) is 5.56 Å². The summed E-state index contributed by atoms with van der Waals surface area (Å²) in [6.45, 7) is 9.11. The summed E-state index contributed by atoms with van der Waals surface area (Å²) >= 11 is 6.15. The van der Waals surface area contributed by atoms with Crippen LogP contribution in [0.4, 0.5) is 11.4 Å². The fourth-order valence-electron chi connectivity index (χ4n) is 2.57. The first-order valence-electron chi connectivity index (χ1n) is 7.96. The average Bonchev–Trinajstić information content (AvgIpc) is 2.53. The van der Waals surface area contributed by atoms with Gasteiger partial charge in [0.2, 0.25) is 0 Å². The Morgan fingerprint density at radius 2 is 1.85 bits per heavy atom. The lowest BCUT2D eigenvalue weighted by atomic mass is 9.87. The van der Waals surface area contributed by atoms with E-state index in [4.69, 9.17) is 11.6 Å². The Balaban J connectivity index is 2.61. The monoisotopic (exact) mass is 375 g/mol. The molecule has 2 rings (SSSR count). The highest BCUT2D eigenvalue weighted by atomic mass is 35.5. The van der Waals surface area contributed by atoms with Gasteiger partial charge in [-0.3, -0.25) is 15.1 Å². The van der Waals surface area contributed by atoms with E-state index in [1.54, 1.807) is 19.1 Å². The number of phenols is 1. The smallest absolute Gasteiger partial charge is 0.266 e. The number of benzene rings is 2. The maximum Gasteiger partial charge on any atom is 0.266 e. The molecular weight excluding hydrogens is 356 g/mol. The fraction of sp³-hybridized carbons (Fsp3) is 0.316. The van der Waals surface area contributed by atoms with Crippen LogP contribution in [0.15, 0.2) is 23.2 Å². The third-order valence-corrected chi connectivity index (χ3v) is 4.80. The highest BCUT2D eigenvalue weighted by Gasteiger charge is 2.20. The number of nitrogens with zero attached hydrogens (tertiary/aromatic N) is 2. The van der Waals surface area contributed by atoms with Crippen LogP contribution in [-0.2, 0) is 5.41 Å². The molecule has 0 aromatic heterocycles. The molecule has 0 aliphatic carbocycles. The van der Waals surface area contributed by atoms with Crippen molar-refractivity contribution in [1.82, 2.24) is 0 Å². The summed E-state index contributed by atoms with van der Waals surface area (Å²) < 4.78 is 0. The zero-order chi connectivity index (χ0) is 19.8. The number of nitro groups is 1. The van der Waals surface area contributed by atoms with Gasteiger partial charge in [0.15, 0.2) is 0 Å². The molecule has 138 valence electrons. The number of aromatic hydroxyl groups is 1. The van der Waals surface area contributed by atoms with Crippen LogP contribution in [0.25, 0.3) is 0 Å². The van der Waals surface area contributed by atoms with Gasteiger partial charge in [-0.25, -0.2) is 0 Å². The Morgan fingerprint density at radius 3 is 2.38 bits per heavy atom. The second kappa shape index (κ2) is 6.96. The van der Waals surface area contributed by atoms with Crippen LogP contribution < -0.4 is 5.11 Å². The Hall–Kier alpha value is -2.60. The molecule has 0 radical (unpaired) electrons. The van der Waals surface area contributed by atoms with Crippen molar-refractivity contribution in [2.45, 2.75) is 40.0 Å². The topological polar surface area (TPSA) is 98.8 Å². The van der Waals surface area contributed by atoms with Crippen LogP contribution in [0.2, 0.25) is 5.02 Å². The minimum Gasteiger partial charge on any atom is -0.867 e. The Labute approximate surface area is 156 Å². The molecule has 0 aliphatic rings. The minimum atomic E-state index is -0.746. The van der Waals surface area contributed by atoms with E-state index < -0.39 is 16.4 Å². The summed E-state index contributed by atoms with van der Waals surface area (Å²) in [5.41, 5.74) is 1.10. The number of halogens is 1. The molecule has 0 spiro atoms. The van der Waals surface area contributed by atoms with Crippen molar-refractivity contribution in [3.8, 4) is 11.5 Å². The van der Waals surface area contributed by atoms with E-state index in [1.165, 1.54) is 19.2 Å². The summed E-state index contributed by atoms with van der Waals surface area (Å²) in [5.74, 6) is -0.795. The van der Waals surface area contributed by atoms with E-state index in [9.17, 15) is 20.3 Å². The maximum absolute atomic E-state index is 12.5. The Bertz CT molecular complexity index is 915. The van der Waals surface area contributed by atoms with Crippen LogP contribution >= 0.6 is 11.6 Å². The van der Waals surface area contributed by atoms with Crippen LogP contribution in [-0.4, -0.2) is 16.2 Å². The second-order valence-electron chi connectivity index (χ2n) is 7.12. The van der Waals surface area contributed by atoms with E-state index in [-0.39, 0.29) is 33.0 Å². The predicted octanol–water partition coefficient (Wildman–Crippen LogP) is 4.69. The third-order valence-electron chi connectivity index (χ3n) is 4.23. The summed E-state index contributed by atoms with van der Waals surface area (Å²) in [5, 5.41) is 33.9. The van der Waals surface area contributed by atoms with Gasteiger partial charge >= 0.3 is 0 Å². The highest BCUT2D eigenvalue weighted by molar-refractivity contribution is 6.33. The van der Waals surface area contributed by atoms with Gasteiger partial charge in [0.05, 0.1) is 9.95 Å². The van der Waals surface area contributed by atoms with Crippen LogP contribution in [0.5, 0.6) is 11.5 Å². The van der Waals surface area contributed by atoms with Crippen molar-refractivity contribution in [3.05, 3.63) is 55.6 Å². The largest absolute Gasteiger partial charge is 0.867 e. The minimum absolute atomic E-state index is 0.0351. The molecule has 2 aromatic carbocycles. The van der Waals surface area contributed by atoms with Gasteiger partial charge in [-0.15, -0.1) is 0 Å². The molecule has 0 fully saturated rings. The molecule has 0 amide bonds. The summed E-state index contributed by atoms with van der Waals surface area (Å²) in [6.07, 6.45) is 1.22. The second-order valence-corrected chi connectivity index (χ2v) is 7.50. The van der Waals surface area contributed by atoms with Gasteiger partial charge in [0.25, 0.3) is 5.69 Å². The van der Waals surface area contributed by atoms with Crippen LogP contribution in [0.3, 0.4) is 0 Å². The number of nitro benzene ring substituents is 1. The summed E-state index contributed by atoms with van der Waals surface area (Å²) in [6, 6.07) is 5.05. The van der Waals surface area contributed by atoms with Gasteiger partial charge in [-0.2, -0.15) is 0 Å². The highest BCUT2D eigenvalue weighted by Crippen LogP contribution is 2.39.